The number of hydrogen-bond acceptors (Lipinski definition) is 6. The maximum Gasteiger partial charge on any atom is 0.270 e. The third kappa shape index (κ3) is 4.28. The van der Waals surface area contributed by atoms with Gasteiger partial charge < -0.3 is 10.2 Å². The second-order valence-corrected chi connectivity index (χ2v) is 5.87. The Morgan fingerprint density at radius 3 is 2.80 bits per heavy atom. The number of nitrogens with one attached hydrogen (secondary N) is 1. The van der Waals surface area contributed by atoms with Crippen molar-refractivity contribution in [3.63, 3.8) is 0 Å². The Kier molecular flexibility index (Phi) is 5.17. The molecular formula is C17H19N5O3. The van der Waals surface area contributed by atoms with Crippen LogP contribution in [0.15, 0.2) is 36.5 Å². The number of anilines is 1. The van der Waals surface area contributed by atoms with Crippen molar-refractivity contribution in [2.45, 2.75) is 25.8 Å². The van der Waals surface area contributed by atoms with Gasteiger partial charge in [-0.15, -0.1) is 0 Å². The standard InChI is InChI=1S/C17H19N5O3/c23-17(13-5-4-6-14(11-13)22(24)25)19-12-15-18-8-7-16(20-15)21-9-2-1-3-10-21/h4-8,11H,1-3,9-10,12H2,(H,19,23). The molecule has 1 amide bonds. The first kappa shape index (κ1) is 16.8. The molecule has 3 rings (SSSR count). The molecule has 130 valence electrons. The van der Waals surface area contributed by atoms with Crippen LogP contribution in [0.4, 0.5) is 11.5 Å². The van der Waals surface area contributed by atoms with E-state index in [0.717, 1.165) is 31.7 Å². The van der Waals surface area contributed by atoms with E-state index in [1.807, 2.05) is 6.07 Å². The first-order chi connectivity index (χ1) is 12.1. The first-order valence-corrected chi connectivity index (χ1v) is 8.23. The molecule has 1 fully saturated rings. The minimum atomic E-state index is -0.526. The van der Waals surface area contributed by atoms with Gasteiger partial charge in [0, 0.05) is 37.0 Å². The number of nitro groups is 1. The minimum absolute atomic E-state index is 0.115. The molecule has 1 aromatic carbocycles. The van der Waals surface area contributed by atoms with E-state index >= 15 is 0 Å². The molecule has 0 aliphatic carbocycles. The third-order valence-electron chi connectivity index (χ3n) is 4.10. The zero-order valence-electron chi connectivity index (χ0n) is 13.7. The van der Waals surface area contributed by atoms with Crippen LogP contribution in [-0.4, -0.2) is 33.9 Å². The average Bonchev–Trinajstić information content (AvgIpc) is 2.67. The summed E-state index contributed by atoms with van der Waals surface area (Å²) < 4.78 is 0. The van der Waals surface area contributed by atoms with Crippen molar-refractivity contribution in [2.75, 3.05) is 18.0 Å². The van der Waals surface area contributed by atoms with E-state index in [-0.39, 0.29) is 17.8 Å². The predicted octanol–water partition coefficient (Wildman–Crippen LogP) is 2.31. The van der Waals surface area contributed by atoms with Crippen molar-refractivity contribution in [1.82, 2.24) is 15.3 Å². The van der Waals surface area contributed by atoms with Crippen molar-refractivity contribution in [1.29, 1.82) is 0 Å². The number of carbonyl (C=O) groups excluding carboxylic acids is 1. The van der Waals surface area contributed by atoms with Gasteiger partial charge in [-0.05, 0) is 31.4 Å². The molecule has 0 atom stereocenters. The molecule has 2 heterocycles. The number of nitro benzene ring substituents is 1. The molecule has 0 radical (unpaired) electrons. The lowest BCUT2D eigenvalue weighted by Crippen LogP contribution is -2.31. The number of piperidine rings is 1. The van der Waals surface area contributed by atoms with Gasteiger partial charge in [-0.1, -0.05) is 6.07 Å². The number of non-ortho nitro benzene ring substituents is 1. The molecular weight excluding hydrogens is 322 g/mol. The predicted molar refractivity (Wildman–Crippen MR) is 92.4 cm³/mol. The fourth-order valence-corrected chi connectivity index (χ4v) is 2.79. The Hall–Kier alpha value is -3.03. The Bertz CT molecular complexity index is 774. The number of rotatable bonds is 5. The summed E-state index contributed by atoms with van der Waals surface area (Å²) in [6, 6.07) is 7.49. The number of nitrogens with zero attached hydrogens (tertiary/aromatic N) is 4. The Morgan fingerprint density at radius 1 is 1.24 bits per heavy atom. The number of aromatic nitrogens is 2. The lowest BCUT2D eigenvalue weighted by Gasteiger charge is -2.27. The van der Waals surface area contributed by atoms with E-state index in [4.69, 9.17) is 0 Å². The summed E-state index contributed by atoms with van der Waals surface area (Å²) in [5.74, 6) is 0.992. The van der Waals surface area contributed by atoms with E-state index in [1.165, 1.54) is 30.7 Å². The van der Waals surface area contributed by atoms with Crippen LogP contribution in [0.3, 0.4) is 0 Å². The summed E-state index contributed by atoms with van der Waals surface area (Å²) in [4.78, 5) is 33.3. The van der Waals surface area contributed by atoms with Gasteiger partial charge in [0.1, 0.15) is 11.6 Å². The second-order valence-electron chi connectivity index (χ2n) is 5.87. The molecule has 1 aromatic heterocycles. The summed E-state index contributed by atoms with van der Waals surface area (Å²) in [5, 5.41) is 13.5. The Labute approximate surface area is 145 Å². The lowest BCUT2D eigenvalue weighted by atomic mass is 10.1. The quantitative estimate of drug-likeness (QED) is 0.661. The largest absolute Gasteiger partial charge is 0.357 e. The SMILES string of the molecule is O=C(NCc1nccc(N2CCCCC2)n1)c1cccc([N+](=O)[O-])c1. The highest BCUT2D eigenvalue weighted by atomic mass is 16.6. The number of carbonyl (C=O) groups is 1. The van der Waals surface area contributed by atoms with Crippen molar-refractivity contribution >= 4 is 17.4 Å². The van der Waals surface area contributed by atoms with Crippen molar-refractivity contribution < 1.29 is 9.72 Å². The summed E-state index contributed by atoms with van der Waals surface area (Å²) in [5.41, 5.74) is 0.123. The fourth-order valence-electron chi connectivity index (χ4n) is 2.79. The minimum Gasteiger partial charge on any atom is -0.357 e. The van der Waals surface area contributed by atoms with Gasteiger partial charge in [0.25, 0.3) is 11.6 Å². The van der Waals surface area contributed by atoms with Gasteiger partial charge in [-0.3, -0.25) is 14.9 Å². The fraction of sp³-hybridized carbons (Fsp3) is 0.353. The van der Waals surface area contributed by atoms with Gasteiger partial charge in [0.2, 0.25) is 0 Å². The molecule has 1 N–H and O–H groups in total. The first-order valence-electron chi connectivity index (χ1n) is 8.23. The maximum atomic E-state index is 12.2. The van der Waals surface area contributed by atoms with E-state index in [2.05, 4.69) is 20.2 Å². The van der Waals surface area contributed by atoms with E-state index in [0.29, 0.717) is 5.82 Å². The number of hydrogen-bond donors (Lipinski definition) is 1. The molecule has 8 heteroatoms. The second kappa shape index (κ2) is 7.69. The maximum absolute atomic E-state index is 12.2. The highest BCUT2D eigenvalue weighted by Crippen LogP contribution is 2.17. The summed E-state index contributed by atoms with van der Waals surface area (Å²) in [7, 11) is 0. The highest BCUT2D eigenvalue weighted by molar-refractivity contribution is 5.94. The van der Waals surface area contributed by atoms with Gasteiger partial charge in [-0.2, -0.15) is 0 Å². The molecule has 0 bridgehead atoms. The van der Waals surface area contributed by atoms with Gasteiger partial charge in [-0.25, -0.2) is 9.97 Å². The van der Waals surface area contributed by atoms with E-state index < -0.39 is 10.8 Å². The topological polar surface area (TPSA) is 101 Å². The van der Waals surface area contributed by atoms with E-state index in [9.17, 15) is 14.9 Å². The number of amides is 1. The average molecular weight is 341 g/mol. The molecule has 0 saturated carbocycles. The van der Waals surface area contributed by atoms with Crippen molar-refractivity contribution in [2.24, 2.45) is 0 Å². The van der Waals surface area contributed by atoms with Crippen LogP contribution in [0.5, 0.6) is 0 Å². The molecule has 1 saturated heterocycles. The summed E-state index contributed by atoms with van der Waals surface area (Å²) in [6.45, 7) is 2.14. The van der Waals surface area contributed by atoms with Gasteiger partial charge in [0.15, 0.2) is 0 Å². The van der Waals surface area contributed by atoms with Crippen LogP contribution in [-0.2, 0) is 6.54 Å². The third-order valence-corrected chi connectivity index (χ3v) is 4.10. The summed E-state index contributed by atoms with van der Waals surface area (Å²) in [6.07, 6.45) is 5.24. The summed E-state index contributed by atoms with van der Waals surface area (Å²) >= 11 is 0. The van der Waals surface area contributed by atoms with Crippen molar-refractivity contribution in [3.05, 3.63) is 58.0 Å². The van der Waals surface area contributed by atoms with E-state index in [1.54, 1.807) is 6.20 Å². The molecule has 0 spiro atoms. The molecule has 1 aliphatic rings. The van der Waals surface area contributed by atoms with Gasteiger partial charge >= 0.3 is 0 Å². The smallest absolute Gasteiger partial charge is 0.270 e. The van der Waals surface area contributed by atoms with Crippen molar-refractivity contribution in [3.8, 4) is 0 Å². The van der Waals surface area contributed by atoms with Crippen LogP contribution in [0, 0.1) is 10.1 Å². The molecule has 25 heavy (non-hydrogen) atoms. The van der Waals surface area contributed by atoms with Crippen LogP contribution in [0.1, 0.15) is 35.4 Å². The van der Waals surface area contributed by atoms with Crippen LogP contribution >= 0.6 is 0 Å². The zero-order chi connectivity index (χ0) is 17.6. The van der Waals surface area contributed by atoms with Crippen LogP contribution in [0.2, 0.25) is 0 Å². The molecule has 0 unspecified atom stereocenters. The molecule has 8 nitrogen and oxygen atoms in total. The highest BCUT2D eigenvalue weighted by Gasteiger charge is 2.14. The monoisotopic (exact) mass is 341 g/mol. The zero-order valence-corrected chi connectivity index (χ0v) is 13.7. The molecule has 2 aromatic rings. The Balaban J connectivity index is 1.64. The van der Waals surface area contributed by atoms with Crippen LogP contribution < -0.4 is 10.2 Å². The Morgan fingerprint density at radius 2 is 2.04 bits per heavy atom. The molecule has 1 aliphatic heterocycles. The number of benzene rings is 1. The van der Waals surface area contributed by atoms with Gasteiger partial charge in [0.05, 0.1) is 11.5 Å². The lowest BCUT2D eigenvalue weighted by molar-refractivity contribution is -0.384. The normalized spacial score (nSPS) is 14.2. The van der Waals surface area contributed by atoms with Crippen LogP contribution in [0.25, 0.3) is 0 Å².